The van der Waals surface area contributed by atoms with E-state index in [-0.39, 0.29) is 6.42 Å². The smallest absolute Gasteiger partial charge is 0.346 e. The van der Waals surface area contributed by atoms with E-state index in [9.17, 15) is 24.6 Å². The predicted octanol–water partition coefficient (Wildman–Crippen LogP) is 0.626. The molecular weight excluding hydrogens is 400 g/mol. The average molecular weight is 432 g/mol. The maximum Gasteiger partial charge on any atom is 0.346 e. The summed E-state index contributed by atoms with van der Waals surface area (Å²) in [5, 5.41) is 21.6. The van der Waals surface area contributed by atoms with Gasteiger partial charge in [0.15, 0.2) is 5.79 Å². The first-order valence-corrected chi connectivity index (χ1v) is 9.79. The first-order valence-electron chi connectivity index (χ1n) is 9.79. The van der Waals surface area contributed by atoms with E-state index in [0.717, 1.165) is 47.0 Å². The molecule has 1 fully saturated rings. The molecule has 0 spiro atoms. The van der Waals surface area contributed by atoms with Crippen molar-refractivity contribution in [3.05, 3.63) is 11.6 Å². The quantitative estimate of drug-likeness (QED) is 0.207. The molecule has 2 N–H and O–H groups in total. The van der Waals surface area contributed by atoms with Gasteiger partial charge in [-0.05, 0) is 6.42 Å². The van der Waals surface area contributed by atoms with Crippen molar-refractivity contribution in [2.24, 2.45) is 0 Å². The van der Waals surface area contributed by atoms with Crippen molar-refractivity contribution in [2.45, 2.75) is 69.0 Å². The summed E-state index contributed by atoms with van der Waals surface area (Å²) in [6.07, 6.45) is 1.46. The molecule has 172 valence electrons. The van der Waals surface area contributed by atoms with Gasteiger partial charge in [0, 0.05) is 19.6 Å². The van der Waals surface area contributed by atoms with Crippen LogP contribution in [0.2, 0.25) is 0 Å². The first kappa shape index (κ1) is 26.0. The Bertz CT molecular complexity index is 645. The molecule has 0 saturated carbocycles. The highest BCUT2D eigenvalue weighted by Crippen LogP contribution is 2.46. The molecule has 10 nitrogen and oxygen atoms in total. The number of aliphatic hydroxyl groups excluding tert-OH is 2. The summed E-state index contributed by atoms with van der Waals surface area (Å²) in [5.41, 5.74) is -3.24. The van der Waals surface area contributed by atoms with Gasteiger partial charge in [-0.3, -0.25) is 0 Å². The van der Waals surface area contributed by atoms with Gasteiger partial charge in [-0.1, -0.05) is 32.6 Å². The number of hydrogen-bond acceptors (Lipinski definition) is 10. The summed E-state index contributed by atoms with van der Waals surface area (Å²) in [7, 11) is 4.34. The van der Waals surface area contributed by atoms with Gasteiger partial charge in [-0.25, -0.2) is 14.4 Å². The van der Waals surface area contributed by atoms with Crippen molar-refractivity contribution < 1.29 is 48.3 Å². The van der Waals surface area contributed by atoms with E-state index in [0.29, 0.717) is 12.5 Å². The lowest BCUT2D eigenvalue weighted by molar-refractivity contribution is -0.263. The molecule has 1 heterocycles. The van der Waals surface area contributed by atoms with Crippen molar-refractivity contribution in [2.75, 3.05) is 28.4 Å². The summed E-state index contributed by atoms with van der Waals surface area (Å²) < 4.78 is 25.2. The Morgan fingerprint density at radius 3 is 2.07 bits per heavy atom. The van der Waals surface area contributed by atoms with Crippen LogP contribution in [0.3, 0.4) is 0 Å². The third-order valence-corrected chi connectivity index (χ3v) is 5.23. The largest absolute Gasteiger partial charge is 0.467 e. The number of rotatable bonds is 11. The average Bonchev–Trinajstić information content (AvgIpc) is 2.99. The summed E-state index contributed by atoms with van der Waals surface area (Å²) in [4.78, 5) is 37.1. The molecule has 0 radical (unpaired) electrons. The minimum Gasteiger partial charge on any atom is -0.467 e. The Labute approximate surface area is 176 Å². The molecular formula is C20H32O10. The van der Waals surface area contributed by atoms with Gasteiger partial charge >= 0.3 is 17.9 Å². The van der Waals surface area contributed by atoms with Crippen molar-refractivity contribution in [1.29, 1.82) is 0 Å². The zero-order chi connectivity index (χ0) is 22.9. The lowest BCUT2D eigenvalue weighted by Gasteiger charge is -2.33. The van der Waals surface area contributed by atoms with E-state index in [1.165, 1.54) is 7.11 Å². The SMILES string of the molecule is CCCCCCC[C@]1(OC)O[C@@](C(=O)OC)(/C(=C\C(=O)OC)C(=O)OC)[C@H](O)[C@H]1O. The predicted molar refractivity (Wildman–Crippen MR) is 103 cm³/mol. The number of hydrogen-bond donors (Lipinski definition) is 2. The van der Waals surface area contributed by atoms with Crippen LogP contribution in [-0.2, 0) is 38.1 Å². The highest BCUT2D eigenvalue weighted by molar-refractivity contribution is 6.05. The number of esters is 3. The van der Waals surface area contributed by atoms with Gasteiger partial charge in [0.2, 0.25) is 5.60 Å². The number of carbonyl (C=O) groups excluding carboxylic acids is 3. The summed E-state index contributed by atoms with van der Waals surface area (Å²) >= 11 is 0. The zero-order valence-corrected chi connectivity index (χ0v) is 18.1. The number of aliphatic hydroxyl groups is 2. The maximum atomic E-state index is 12.8. The second-order valence-corrected chi connectivity index (χ2v) is 6.97. The fourth-order valence-corrected chi connectivity index (χ4v) is 3.54. The Morgan fingerprint density at radius 2 is 1.57 bits per heavy atom. The van der Waals surface area contributed by atoms with Crippen molar-refractivity contribution in [3.8, 4) is 0 Å². The lowest BCUT2D eigenvalue weighted by atomic mass is 9.85. The second kappa shape index (κ2) is 11.4. The molecule has 10 heteroatoms. The molecule has 1 rings (SSSR count). The number of unbranched alkanes of at least 4 members (excludes halogenated alkanes) is 4. The van der Waals surface area contributed by atoms with Crippen LogP contribution in [0, 0.1) is 0 Å². The third-order valence-electron chi connectivity index (χ3n) is 5.23. The lowest BCUT2D eigenvalue weighted by Crippen LogP contribution is -2.54. The van der Waals surface area contributed by atoms with E-state index >= 15 is 0 Å². The van der Waals surface area contributed by atoms with Crippen LogP contribution in [0.5, 0.6) is 0 Å². The van der Waals surface area contributed by atoms with Crippen LogP contribution in [0.15, 0.2) is 11.6 Å². The second-order valence-electron chi connectivity index (χ2n) is 6.97. The van der Waals surface area contributed by atoms with Crippen LogP contribution in [0.25, 0.3) is 0 Å². The maximum absolute atomic E-state index is 12.8. The Kier molecular flexibility index (Phi) is 9.89. The van der Waals surface area contributed by atoms with E-state index in [4.69, 9.17) is 14.2 Å². The normalized spacial score (nSPS) is 28.8. The summed E-state index contributed by atoms with van der Waals surface area (Å²) in [6.45, 7) is 2.07. The fraction of sp³-hybridized carbons (Fsp3) is 0.750. The Hall–Kier alpha value is -2.01. The molecule has 0 aromatic heterocycles. The molecule has 0 aliphatic carbocycles. The minimum absolute atomic E-state index is 0.122. The van der Waals surface area contributed by atoms with Gasteiger partial charge in [0.05, 0.1) is 26.9 Å². The molecule has 4 atom stereocenters. The highest BCUT2D eigenvalue weighted by atomic mass is 16.7. The topological polar surface area (TPSA) is 138 Å². The molecule has 0 aromatic carbocycles. The van der Waals surface area contributed by atoms with Gasteiger partial charge in [-0.15, -0.1) is 0 Å². The van der Waals surface area contributed by atoms with Crippen LogP contribution in [0.4, 0.5) is 0 Å². The molecule has 1 aliphatic rings. The van der Waals surface area contributed by atoms with Crippen molar-refractivity contribution in [3.63, 3.8) is 0 Å². The van der Waals surface area contributed by atoms with Crippen LogP contribution < -0.4 is 0 Å². The number of methoxy groups -OCH3 is 4. The summed E-state index contributed by atoms with van der Waals surface area (Å²) in [6, 6.07) is 0. The summed E-state index contributed by atoms with van der Waals surface area (Å²) in [5.74, 6) is -5.17. The number of carbonyl (C=O) groups is 3. The van der Waals surface area contributed by atoms with Crippen molar-refractivity contribution in [1.82, 2.24) is 0 Å². The standard InChI is InChI=1S/C20H32O10/c1-6-7-8-9-10-11-19(29-5)15(22)16(23)20(30-19,18(25)28-4)13(17(24)27-3)12-14(21)26-2/h12,15-16,22-23H,6-11H2,1-5H3/b13-12-/t15-,16-,19+,20+/m1/s1. The molecule has 0 bridgehead atoms. The monoisotopic (exact) mass is 432 g/mol. The molecule has 0 amide bonds. The van der Waals surface area contributed by atoms with Crippen molar-refractivity contribution >= 4 is 17.9 Å². The van der Waals surface area contributed by atoms with Gasteiger partial charge in [0.25, 0.3) is 0 Å². The molecule has 30 heavy (non-hydrogen) atoms. The first-order chi connectivity index (χ1) is 14.2. The van der Waals surface area contributed by atoms with Gasteiger partial charge in [0.1, 0.15) is 12.2 Å². The molecule has 0 aromatic rings. The van der Waals surface area contributed by atoms with Gasteiger partial charge in [-0.2, -0.15) is 0 Å². The van der Waals surface area contributed by atoms with Crippen LogP contribution in [-0.4, -0.2) is 80.2 Å². The highest BCUT2D eigenvalue weighted by Gasteiger charge is 2.69. The Morgan fingerprint density at radius 1 is 0.933 bits per heavy atom. The molecule has 1 aliphatic heterocycles. The van der Waals surface area contributed by atoms with E-state index < -0.39 is 47.1 Å². The molecule has 1 saturated heterocycles. The Balaban J connectivity index is 3.46. The van der Waals surface area contributed by atoms with Gasteiger partial charge < -0.3 is 33.9 Å². The van der Waals surface area contributed by atoms with E-state index in [1.54, 1.807) is 0 Å². The molecule has 0 unspecified atom stereocenters. The van der Waals surface area contributed by atoms with E-state index in [1.807, 2.05) is 0 Å². The number of ether oxygens (including phenoxy) is 5. The van der Waals surface area contributed by atoms with Crippen LogP contribution in [0.1, 0.15) is 45.4 Å². The fourth-order valence-electron chi connectivity index (χ4n) is 3.54. The minimum atomic E-state index is -2.56. The zero-order valence-electron chi connectivity index (χ0n) is 18.1. The van der Waals surface area contributed by atoms with E-state index in [2.05, 4.69) is 16.4 Å². The van der Waals surface area contributed by atoms with Crippen LogP contribution >= 0.6 is 0 Å². The third kappa shape index (κ3) is 5.00.